The summed E-state index contributed by atoms with van der Waals surface area (Å²) in [4.78, 5) is 46.6. The van der Waals surface area contributed by atoms with Gasteiger partial charge in [-0.15, -0.1) is 0 Å². The molecule has 4 atom stereocenters. The van der Waals surface area contributed by atoms with Gasteiger partial charge in [0.25, 0.3) is 11.4 Å². The number of nitro benzene ring substituents is 2. The Kier molecular flexibility index (Phi) is 8.00. The highest BCUT2D eigenvalue weighted by molar-refractivity contribution is 7.94. The van der Waals surface area contributed by atoms with Crippen molar-refractivity contribution >= 4 is 33.2 Å². The standard InChI is InChI=1S/C22H23N3O10S/c1-3-34-21(26)19-17(13-5-9-15(10-6-13)24(28)29)23-18(14-7-11-16(12-8-14)25(30)31)20(36(19,32)33)22(27)35-4-2/h5-12,17-20,23H,3-4H2,1-2H3. The molecule has 36 heavy (non-hydrogen) atoms. The Labute approximate surface area is 205 Å². The Balaban J connectivity index is 2.19. The van der Waals surface area contributed by atoms with Gasteiger partial charge in [0, 0.05) is 24.3 Å². The average molecular weight is 522 g/mol. The first-order valence-electron chi connectivity index (χ1n) is 10.8. The largest absolute Gasteiger partial charge is 0.465 e. The molecule has 2 aromatic rings. The summed E-state index contributed by atoms with van der Waals surface area (Å²) in [5.74, 6) is -2.21. The van der Waals surface area contributed by atoms with E-state index in [0.29, 0.717) is 0 Å². The molecule has 2 aromatic carbocycles. The van der Waals surface area contributed by atoms with Gasteiger partial charge in [0.15, 0.2) is 20.3 Å². The normalized spacial score (nSPS) is 22.8. The zero-order valence-electron chi connectivity index (χ0n) is 19.2. The van der Waals surface area contributed by atoms with Gasteiger partial charge in [0.2, 0.25) is 0 Å². The highest BCUT2D eigenvalue weighted by Crippen LogP contribution is 2.40. The van der Waals surface area contributed by atoms with Gasteiger partial charge in [-0.1, -0.05) is 24.3 Å². The lowest BCUT2D eigenvalue weighted by Crippen LogP contribution is -2.59. The molecule has 0 aromatic heterocycles. The summed E-state index contributed by atoms with van der Waals surface area (Å²) in [6.45, 7) is 2.72. The predicted molar refractivity (Wildman–Crippen MR) is 125 cm³/mol. The molecule has 1 fully saturated rings. The second-order valence-electron chi connectivity index (χ2n) is 7.75. The fourth-order valence-corrected chi connectivity index (χ4v) is 6.26. The van der Waals surface area contributed by atoms with Gasteiger partial charge in [-0.05, 0) is 25.0 Å². The average Bonchev–Trinajstić information content (AvgIpc) is 2.83. The van der Waals surface area contributed by atoms with Crippen LogP contribution >= 0.6 is 0 Å². The number of non-ortho nitro benzene ring substituents is 2. The van der Waals surface area contributed by atoms with Crippen LogP contribution in [0.2, 0.25) is 0 Å². The summed E-state index contributed by atoms with van der Waals surface area (Å²) in [5, 5.41) is 21.4. The molecule has 0 aliphatic carbocycles. The van der Waals surface area contributed by atoms with E-state index in [9.17, 15) is 38.2 Å². The Morgan fingerprint density at radius 1 is 0.778 bits per heavy atom. The van der Waals surface area contributed by atoms with E-state index in [-0.39, 0.29) is 35.7 Å². The summed E-state index contributed by atoms with van der Waals surface area (Å²) in [7, 11) is -4.63. The van der Waals surface area contributed by atoms with E-state index < -0.39 is 54.2 Å². The van der Waals surface area contributed by atoms with Crippen molar-refractivity contribution in [1.29, 1.82) is 0 Å². The number of hydrogen-bond donors (Lipinski definition) is 1. The summed E-state index contributed by atoms with van der Waals surface area (Å²) < 4.78 is 37.6. The minimum absolute atomic E-state index is 0.131. The van der Waals surface area contributed by atoms with Crippen LogP contribution in [0, 0.1) is 20.2 Å². The Morgan fingerprint density at radius 2 is 1.11 bits per heavy atom. The maximum absolute atomic E-state index is 13.8. The summed E-state index contributed by atoms with van der Waals surface area (Å²) >= 11 is 0. The third-order valence-electron chi connectivity index (χ3n) is 5.64. The number of ether oxygens (including phenoxy) is 2. The zero-order valence-corrected chi connectivity index (χ0v) is 20.0. The van der Waals surface area contributed by atoms with Crippen molar-refractivity contribution in [2.24, 2.45) is 0 Å². The van der Waals surface area contributed by atoms with Crippen LogP contribution in [-0.2, 0) is 28.9 Å². The fourth-order valence-electron chi connectivity index (χ4n) is 4.04. The number of rotatable bonds is 8. The third-order valence-corrected chi connectivity index (χ3v) is 7.98. The van der Waals surface area contributed by atoms with E-state index in [4.69, 9.17) is 9.47 Å². The molecule has 192 valence electrons. The lowest BCUT2D eigenvalue weighted by atomic mass is 9.96. The number of benzene rings is 2. The van der Waals surface area contributed by atoms with Gasteiger partial charge in [0.1, 0.15) is 0 Å². The predicted octanol–water partition coefficient (Wildman–Crippen LogP) is 2.17. The van der Waals surface area contributed by atoms with E-state index >= 15 is 0 Å². The molecule has 1 N–H and O–H groups in total. The molecule has 0 saturated carbocycles. The van der Waals surface area contributed by atoms with E-state index in [0.717, 1.165) is 24.3 Å². The van der Waals surface area contributed by atoms with Crippen LogP contribution < -0.4 is 5.32 Å². The van der Waals surface area contributed by atoms with Gasteiger partial charge in [-0.25, -0.2) is 8.42 Å². The molecule has 1 heterocycles. The topological polar surface area (TPSA) is 185 Å². The molecule has 1 saturated heterocycles. The van der Waals surface area contributed by atoms with Gasteiger partial charge < -0.3 is 9.47 Å². The Bertz CT molecular complexity index is 1170. The number of nitro groups is 2. The molecule has 14 heteroatoms. The zero-order chi connectivity index (χ0) is 26.6. The van der Waals surface area contributed by atoms with Crippen LogP contribution in [0.15, 0.2) is 48.5 Å². The molecule has 0 radical (unpaired) electrons. The van der Waals surface area contributed by atoms with E-state index in [1.54, 1.807) is 0 Å². The minimum Gasteiger partial charge on any atom is -0.465 e. The maximum Gasteiger partial charge on any atom is 0.326 e. The molecule has 1 aliphatic rings. The van der Waals surface area contributed by atoms with Gasteiger partial charge >= 0.3 is 11.9 Å². The Hall–Kier alpha value is -3.91. The van der Waals surface area contributed by atoms with Crippen LogP contribution in [0.25, 0.3) is 0 Å². The first-order valence-corrected chi connectivity index (χ1v) is 12.4. The van der Waals surface area contributed by atoms with E-state index in [1.165, 1.54) is 38.1 Å². The number of carbonyl (C=O) groups is 2. The van der Waals surface area contributed by atoms with Crippen molar-refractivity contribution in [2.75, 3.05) is 13.2 Å². The van der Waals surface area contributed by atoms with Crippen molar-refractivity contribution in [1.82, 2.24) is 5.32 Å². The van der Waals surface area contributed by atoms with Gasteiger partial charge in [0.05, 0.1) is 35.1 Å². The van der Waals surface area contributed by atoms with Crippen LogP contribution in [0.4, 0.5) is 11.4 Å². The van der Waals surface area contributed by atoms with Crippen molar-refractivity contribution in [3.8, 4) is 0 Å². The lowest BCUT2D eigenvalue weighted by molar-refractivity contribution is -0.385. The second-order valence-corrected chi connectivity index (χ2v) is 9.95. The molecular weight excluding hydrogens is 498 g/mol. The highest BCUT2D eigenvalue weighted by Gasteiger charge is 2.57. The molecule has 3 rings (SSSR count). The fraction of sp³-hybridized carbons (Fsp3) is 0.364. The van der Waals surface area contributed by atoms with Gasteiger partial charge in [-0.3, -0.25) is 35.1 Å². The van der Waals surface area contributed by atoms with Crippen LogP contribution in [-0.4, -0.2) is 53.9 Å². The number of nitrogens with one attached hydrogen (secondary N) is 1. The Morgan fingerprint density at radius 3 is 1.39 bits per heavy atom. The smallest absolute Gasteiger partial charge is 0.326 e. The van der Waals surface area contributed by atoms with Crippen LogP contribution in [0.1, 0.15) is 37.1 Å². The molecule has 0 amide bonds. The maximum atomic E-state index is 13.8. The number of nitrogens with zero attached hydrogens (tertiary/aromatic N) is 2. The second kappa shape index (κ2) is 10.8. The minimum atomic E-state index is -4.63. The number of sulfone groups is 1. The van der Waals surface area contributed by atoms with Crippen molar-refractivity contribution < 1.29 is 37.3 Å². The molecule has 0 spiro atoms. The number of esters is 2. The number of hydrogen-bond acceptors (Lipinski definition) is 11. The SMILES string of the molecule is CCOC(=O)C1C(c2ccc([N+](=O)[O-])cc2)NC(c2ccc([N+](=O)[O-])cc2)C(C(=O)OCC)S1(=O)=O. The van der Waals surface area contributed by atoms with Crippen LogP contribution in [0.3, 0.4) is 0 Å². The molecular formula is C22H23N3O10S. The summed E-state index contributed by atoms with van der Waals surface area (Å²) in [6.07, 6.45) is 0. The number of carbonyl (C=O) groups excluding carboxylic acids is 2. The van der Waals surface area contributed by atoms with E-state index in [1.807, 2.05) is 0 Å². The summed E-state index contributed by atoms with van der Waals surface area (Å²) in [5.41, 5.74) is -0.0595. The molecule has 0 bridgehead atoms. The lowest BCUT2D eigenvalue weighted by Gasteiger charge is -2.40. The molecule has 4 unspecified atom stereocenters. The quantitative estimate of drug-likeness (QED) is 0.305. The molecule has 13 nitrogen and oxygen atoms in total. The van der Waals surface area contributed by atoms with Crippen molar-refractivity contribution in [2.45, 2.75) is 36.4 Å². The molecule has 1 aliphatic heterocycles. The van der Waals surface area contributed by atoms with Crippen molar-refractivity contribution in [3.05, 3.63) is 79.9 Å². The summed E-state index contributed by atoms with van der Waals surface area (Å²) in [6, 6.07) is 7.30. The first kappa shape index (κ1) is 26.7. The van der Waals surface area contributed by atoms with E-state index in [2.05, 4.69) is 5.32 Å². The van der Waals surface area contributed by atoms with Crippen molar-refractivity contribution in [3.63, 3.8) is 0 Å². The van der Waals surface area contributed by atoms with Crippen LogP contribution in [0.5, 0.6) is 0 Å². The first-order chi connectivity index (χ1) is 17.0. The third kappa shape index (κ3) is 5.18. The monoisotopic (exact) mass is 521 g/mol. The van der Waals surface area contributed by atoms with Gasteiger partial charge in [-0.2, -0.15) is 0 Å². The highest BCUT2D eigenvalue weighted by atomic mass is 32.2.